The zero-order valence-corrected chi connectivity index (χ0v) is 16.1. The normalized spacial score (nSPS) is 16.8. The molecule has 0 spiro atoms. The summed E-state index contributed by atoms with van der Waals surface area (Å²) in [5, 5.41) is 7.98. The molecule has 1 aliphatic rings. The lowest BCUT2D eigenvalue weighted by molar-refractivity contribution is 0.266. The molecule has 1 aliphatic heterocycles. The Morgan fingerprint density at radius 3 is 2.80 bits per heavy atom. The molecule has 6 heteroatoms. The van der Waals surface area contributed by atoms with E-state index >= 15 is 0 Å². The van der Waals surface area contributed by atoms with E-state index < -0.39 is 0 Å². The van der Waals surface area contributed by atoms with E-state index in [0.29, 0.717) is 17.5 Å². The van der Waals surface area contributed by atoms with E-state index in [1.165, 1.54) is 0 Å². The molecule has 25 heavy (non-hydrogen) atoms. The fourth-order valence-electron chi connectivity index (χ4n) is 3.09. The van der Waals surface area contributed by atoms with Gasteiger partial charge in [0.25, 0.3) is 0 Å². The van der Waals surface area contributed by atoms with Crippen molar-refractivity contribution in [2.75, 3.05) is 18.1 Å². The lowest BCUT2D eigenvalue weighted by atomic mass is 10.1. The topological polar surface area (TPSA) is 42.3 Å². The molecule has 2 aromatic rings. The summed E-state index contributed by atoms with van der Waals surface area (Å²) < 4.78 is 7.90. The number of anilines is 1. The summed E-state index contributed by atoms with van der Waals surface area (Å²) in [6.07, 6.45) is 3.03. The maximum Gasteiger partial charge on any atom is 0.143 e. The molecular formula is C19H26N4OS. The number of para-hydroxylation sites is 1. The number of nitrogens with one attached hydrogen (secondary N) is 1. The van der Waals surface area contributed by atoms with Gasteiger partial charge in [-0.2, -0.15) is 5.10 Å². The Bertz CT molecular complexity index is 756. The smallest absolute Gasteiger partial charge is 0.143 e. The second-order valence-corrected chi connectivity index (χ2v) is 7.26. The molecule has 0 fully saturated rings. The number of hydrogen-bond acceptors (Lipinski definition) is 4. The number of rotatable bonds is 6. The van der Waals surface area contributed by atoms with Crippen molar-refractivity contribution in [1.29, 1.82) is 0 Å². The molecule has 2 heterocycles. The third-order valence-corrected chi connectivity index (χ3v) is 4.47. The minimum atomic E-state index is -0.0486. The second kappa shape index (κ2) is 7.44. The summed E-state index contributed by atoms with van der Waals surface area (Å²) in [5.41, 5.74) is 3.04. The van der Waals surface area contributed by atoms with Crippen LogP contribution < -0.4 is 15.0 Å². The van der Waals surface area contributed by atoms with Crippen LogP contribution in [0.5, 0.6) is 5.75 Å². The number of aryl methyl sites for hydroxylation is 1. The minimum Gasteiger partial charge on any atom is -0.493 e. The van der Waals surface area contributed by atoms with Crippen molar-refractivity contribution < 1.29 is 4.74 Å². The van der Waals surface area contributed by atoms with Crippen LogP contribution in [0.2, 0.25) is 0 Å². The van der Waals surface area contributed by atoms with E-state index in [1.54, 1.807) is 0 Å². The SMILES string of the molecule is CCCN1c2cn(C)nc2C(=S)NC1c1ccccc1OCC(C)C. The average molecular weight is 359 g/mol. The minimum absolute atomic E-state index is 0.0486. The highest BCUT2D eigenvalue weighted by Gasteiger charge is 2.33. The Morgan fingerprint density at radius 1 is 1.32 bits per heavy atom. The molecule has 5 nitrogen and oxygen atoms in total. The molecule has 0 amide bonds. The van der Waals surface area contributed by atoms with Crippen molar-refractivity contribution in [2.24, 2.45) is 13.0 Å². The monoisotopic (exact) mass is 358 g/mol. The zero-order valence-electron chi connectivity index (χ0n) is 15.3. The largest absolute Gasteiger partial charge is 0.493 e. The van der Waals surface area contributed by atoms with Crippen LogP contribution in [0, 0.1) is 5.92 Å². The molecule has 0 bridgehead atoms. The summed E-state index contributed by atoms with van der Waals surface area (Å²) in [5.74, 6) is 1.38. The number of aromatic nitrogens is 2. The van der Waals surface area contributed by atoms with Crippen molar-refractivity contribution in [3.63, 3.8) is 0 Å². The number of ether oxygens (including phenoxy) is 1. The van der Waals surface area contributed by atoms with Crippen LogP contribution in [0.3, 0.4) is 0 Å². The first-order valence-electron chi connectivity index (χ1n) is 8.84. The van der Waals surface area contributed by atoms with Gasteiger partial charge in [-0.05, 0) is 18.4 Å². The van der Waals surface area contributed by atoms with Crippen LogP contribution in [-0.4, -0.2) is 27.9 Å². The molecule has 0 saturated heterocycles. The Labute approximate surface area is 155 Å². The first kappa shape index (κ1) is 17.7. The molecule has 0 aliphatic carbocycles. The Morgan fingerprint density at radius 2 is 2.08 bits per heavy atom. The molecule has 1 N–H and O–H groups in total. The second-order valence-electron chi connectivity index (χ2n) is 6.85. The summed E-state index contributed by atoms with van der Waals surface area (Å²) in [6, 6.07) is 8.20. The van der Waals surface area contributed by atoms with E-state index in [0.717, 1.165) is 35.7 Å². The van der Waals surface area contributed by atoms with Gasteiger partial charge in [0.15, 0.2) is 0 Å². The Balaban J connectivity index is 2.00. The van der Waals surface area contributed by atoms with Crippen LogP contribution in [0.4, 0.5) is 5.69 Å². The molecular weight excluding hydrogens is 332 g/mol. The predicted molar refractivity (Wildman–Crippen MR) is 105 cm³/mol. The van der Waals surface area contributed by atoms with Gasteiger partial charge in [-0.15, -0.1) is 0 Å². The third-order valence-electron chi connectivity index (χ3n) is 4.16. The van der Waals surface area contributed by atoms with Gasteiger partial charge < -0.3 is 15.0 Å². The first-order chi connectivity index (χ1) is 12.0. The predicted octanol–water partition coefficient (Wildman–Crippen LogP) is 3.65. The molecule has 1 aromatic heterocycles. The number of hydrogen-bond donors (Lipinski definition) is 1. The highest BCUT2D eigenvalue weighted by atomic mass is 32.1. The van der Waals surface area contributed by atoms with Crippen LogP contribution >= 0.6 is 12.2 Å². The molecule has 3 rings (SSSR count). The van der Waals surface area contributed by atoms with Gasteiger partial charge in [-0.25, -0.2) is 0 Å². The van der Waals surface area contributed by atoms with Crippen LogP contribution in [0.1, 0.15) is 44.6 Å². The van der Waals surface area contributed by atoms with E-state index in [1.807, 2.05) is 36.1 Å². The van der Waals surface area contributed by atoms with Gasteiger partial charge >= 0.3 is 0 Å². The van der Waals surface area contributed by atoms with Crippen molar-refractivity contribution >= 4 is 22.9 Å². The standard InChI is InChI=1S/C19H26N4OS/c1-5-10-23-15-11-22(4)21-17(15)19(25)20-18(23)14-8-6-7-9-16(14)24-12-13(2)3/h6-9,11,13,18H,5,10,12H2,1-4H3,(H,20,25). The van der Waals surface area contributed by atoms with Crippen LogP contribution in [0.15, 0.2) is 30.5 Å². The van der Waals surface area contributed by atoms with Crippen molar-refractivity contribution in [3.8, 4) is 5.75 Å². The van der Waals surface area contributed by atoms with Gasteiger partial charge in [0, 0.05) is 25.4 Å². The molecule has 1 atom stereocenters. The van der Waals surface area contributed by atoms with Gasteiger partial charge in [0.05, 0.1) is 12.3 Å². The van der Waals surface area contributed by atoms with E-state index in [-0.39, 0.29) is 6.17 Å². The van der Waals surface area contributed by atoms with Crippen molar-refractivity contribution in [1.82, 2.24) is 15.1 Å². The number of thiocarbonyl (C=S) groups is 1. The third kappa shape index (κ3) is 3.63. The summed E-state index contributed by atoms with van der Waals surface area (Å²) in [7, 11) is 1.93. The lowest BCUT2D eigenvalue weighted by Gasteiger charge is -2.38. The molecule has 1 unspecified atom stereocenters. The van der Waals surface area contributed by atoms with Crippen LogP contribution in [-0.2, 0) is 7.05 Å². The zero-order chi connectivity index (χ0) is 18.0. The lowest BCUT2D eigenvalue weighted by Crippen LogP contribution is -2.46. The fraction of sp³-hybridized carbons (Fsp3) is 0.474. The van der Waals surface area contributed by atoms with Crippen molar-refractivity contribution in [2.45, 2.75) is 33.4 Å². The number of benzene rings is 1. The highest BCUT2D eigenvalue weighted by molar-refractivity contribution is 7.80. The Kier molecular flexibility index (Phi) is 5.27. The van der Waals surface area contributed by atoms with Crippen molar-refractivity contribution in [3.05, 3.63) is 41.7 Å². The van der Waals surface area contributed by atoms with Gasteiger partial charge in [-0.1, -0.05) is 51.2 Å². The molecule has 0 saturated carbocycles. The first-order valence-corrected chi connectivity index (χ1v) is 9.25. The molecule has 0 radical (unpaired) electrons. The fourth-order valence-corrected chi connectivity index (χ4v) is 3.34. The molecule has 134 valence electrons. The van der Waals surface area contributed by atoms with Gasteiger partial charge in [0.1, 0.15) is 22.6 Å². The summed E-state index contributed by atoms with van der Waals surface area (Å²) in [4.78, 5) is 3.02. The van der Waals surface area contributed by atoms with Crippen LogP contribution in [0.25, 0.3) is 0 Å². The highest BCUT2D eigenvalue weighted by Crippen LogP contribution is 2.36. The summed E-state index contributed by atoms with van der Waals surface area (Å²) in [6.45, 7) is 8.10. The van der Waals surface area contributed by atoms with E-state index in [2.05, 4.69) is 42.2 Å². The van der Waals surface area contributed by atoms with Gasteiger partial charge in [0.2, 0.25) is 0 Å². The molecule has 1 aromatic carbocycles. The van der Waals surface area contributed by atoms with E-state index in [9.17, 15) is 0 Å². The van der Waals surface area contributed by atoms with E-state index in [4.69, 9.17) is 17.0 Å². The Hall–Kier alpha value is -2.08. The average Bonchev–Trinajstić information content (AvgIpc) is 2.98. The number of fused-ring (bicyclic) bond motifs is 1. The maximum atomic E-state index is 6.08. The quantitative estimate of drug-likeness (QED) is 0.799. The van der Waals surface area contributed by atoms with Gasteiger partial charge in [-0.3, -0.25) is 4.68 Å². The number of nitrogens with zero attached hydrogens (tertiary/aromatic N) is 3. The maximum absolute atomic E-state index is 6.08. The summed E-state index contributed by atoms with van der Waals surface area (Å²) >= 11 is 5.58.